The van der Waals surface area contributed by atoms with E-state index < -0.39 is 0 Å². The molecule has 1 heterocycles. The van der Waals surface area contributed by atoms with Crippen LogP contribution in [0.5, 0.6) is 0 Å². The molecule has 2 nitrogen and oxygen atoms in total. The van der Waals surface area contributed by atoms with Gasteiger partial charge in [-0.1, -0.05) is 0 Å². The van der Waals surface area contributed by atoms with Crippen molar-refractivity contribution in [1.29, 1.82) is 0 Å². The highest BCUT2D eigenvalue weighted by atomic mass is 16.5. The smallest absolute Gasteiger partial charge is 0.0676 e. The van der Waals surface area contributed by atoms with E-state index in [-0.39, 0.29) is 12.2 Å². The zero-order valence-electron chi connectivity index (χ0n) is 6.76. The van der Waals surface area contributed by atoms with Crippen molar-refractivity contribution in [1.82, 2.24) is 0 Å². The lowest BCUT2D eigenvalue weighted by Crippen LogP contribution is -2.40. The van der Waals surface area contributed by atoms with Crippen LogP contribution in [0.4, 0.5) is 0 Å². The monoisotopic (exact) mass is 144 g/mol. The van der Waals surface area contributed by atoms with Crippen molar-refractivity contribution in [2.24, 2.45) is 5.92 Å². The predicted molar refractivity (Wildman–Crippen MR) is 39.8 cm³/mol. The zero-order chi connectivity index (χ0) is 7.61. The van der Waals surface area contributed by atoms with Gasteiger partial charge in [0.05, 0.1) is 5.60 Å². The summed E-state index contributed by atoms with van der Waals surface area (Å²) in [6, 6.07) is 0. The van der Waals surface area contributed by atoms with Gasteiger partial charge in [-0.25, -0.2) is 0 Å². The Hall–Kier alpha value is -0.0800. The Morgan fingerprint density at radius 1 is 1.60 bits per heavy atom. The first-order valence-electron chi connectivity index (χ1n) is 3.91. The summed E-state index contributed by atoms with van der Waals surface area (Å²) in [5.41, 5.74) is -0.104. The normalized spacial score (nSPS) is 32.1. The summed E-state index contributed by atoms with van der Waals surface area (Å²) < 4.78 is 5.51. The molecule has 0 aliphatic carbocycles. The van der Waals surface area contributed by atoms with Crippen LogP contribution in [0.2, 0.25) is 0 Å². The largest absolute Gasteiger partial charge is 0.396 e. The first kappa shape index (κ1) is 8.02. The van der Waals surface area contributed by atoms with Crippen LogP contribution in [-0.2, 0) is 4.74 Å². The van der Waals surface area contributed by atoms with Gasteiger partial charge in [-0.15, -0.1) is 0 Å². The number of aliphatic hydroxyl groups is 1. The molecule has 10 heavy (non-hydrogen) atoms. The fourth-order valence-corrected chi connectivity index (χ4v) is 1.44. The van der Waals surface area contributed by atoms with Gasteiger partial charge in [0.1, 0.15) is 0 Å². The summed E-state index contributed by atoms with van der Waals surface area (Å²) in [6.07, 6.45) is 2.19. The fourth-order valence-electron chi connectivity index (χ4n) is 1.44. The molecule has 1 atom stereocenters. The van der Waals surface area contributed by atoms with Crippen molar-refractivity contribution < 1.29 is 9.84 Å². The molecule has 1 rings (SSSR count). The van der Waals surface area contributed by atoms with Gasteiger partial charge in [0.2, 0.25) is 0 Å². The Labute approximate surface area is 62.2 Å². The molecule has 1 aliphatic rings. The molecule has 0 aromatic rings. The van der Waals surface area contributed by atoms with Crippen LogP contribution in [0.25, 0.3) is 0 Å². The molecular weight excluding hydrogens is 128 g/mol. The second kappa shape index (κ2) is 2.89. The van der Waals surface area contributed by atoms with Crippen LogP contribution < -0.4 is 0 Å². The lowest BCUT2D eigenvalue weighted by Gasteiger charge is -2.37. The molecule has 0 spiro atoms. The van der Waals surface area contributed by atoms with Crippen LogP contribution in [0.1, 0.15) is 26.7 Å². The number of aliphatic hydroxyl groups excluding tert-OH is 1. The third-order valence-corrected chi connectivity index (χ3v) is 2.37. The molecule has 0 amide bonds. The first-order valence-corrected chi connectivity index (χ1v) is 3.91. The van der Waals surface area contributed by atoms with Gasteiger partial charge in [0, 0.05) is 19.1 Å². The highest BCUT2D eigenvalue weighted by molar-refractivity contribution is 4.81. The maximum Gasteiger partial charge on any atom is 0.0676 e. The number of rotatable bonds is 1. The lowest BCUT2D eigenvalue weighted by molar-refractivity contribution is -0.106. The van der Waals surface area contributed by atoms with Crippen LogP contribution in [0, 0.1) is 5.92 Å². The van der Waals surface area contributed by atoms with Gasteiger partial charge >= 0.3 is 0 Å². The van der Waals surface area contributed by atoms with Crippen molar-refractivity contribution in [3.05, 3.63) is 0 Å². The molecule has 0 bridgehead atoms. The molecule has 0 aromatic carbocycles. The molecule has 1 N–H and O–H groups in total. The molecule has 1 saturated heterocycles. The summed E-state index contributed by atoms with van der Waals surface area (Å²) in [5, 5.41) is 8.95. The topological polar surface area (TPSA) is 29.5 Å². The maximum absolute atomic E-state index is 8.95. The standard InChI is InChI=1S/C8H16O2/c1-8(2)7(6-9)4-3-5-10-8/h7,9H,3-6H2,1-2H3. The van der Waals surface area contributed by atoms with Crippen LogP contribution >= 0.6 is 0 Å². The quantitative estimate of drug-likeness (QED) is 0.599. The minimum atomic E-state index is -0.104. The molecule has 1 aliphatic heterocycles. The summed E-state index contributed by atoms with van der Waals surface area (Å²) in [7, 11) is 0. The Kier molecular flexibility index (Phi) is 2.32. The van der Waals surface area contributed by atoms with Crippen LogP contribution in [0.15, 0.2) is 0 Å². The van der Waals surface area contributed by atoms with Gasteiger partial charge in [0.25, 0.3) is 0 Å². The molecule has 1 unspecified atom stereocenters. The average Bonchev–Trinajstić information content (AvgIpc) is 1.87. The Bertz CT molecular complexity index is 110. The second-order valence-corrected chi connectivity index (χ2v) is 3.47. The van der Waals surface area contributed by atoms with Crippen molar-refractivity contribution >= 4 is 0 Å². The molecular formula is C8H16O2. The molecule has 0 aromatic heterocycles. The molecule has 0 saturated carbocycles. The lowest BCUT2D eigenvalue weighted by atomic mass is 9.85. The number of hydrogen-bond acceptors (Lipinski definition) is 2. The van der Waals surface area contributed by atoms with E-state index in [1.54, 1.807) is 0 Å². The Morgan fingerprint density at radius 2 is 2.30 bits per heavy atom. The van der Waals surface area contributed by atoms with Crippen molar-refractivity contribution in [2.75, 3.05) is 13.2 Å². The second-order valence-electron chi connectivity index (χ2n) is 3.47. The van der Waals surface area contributed by atoms with Crippen molar-refractivity contribution in [3.63, 3.8) is 0 Å². The third kappa shape index (κ3) is 1.50. The van der Waals surface area contributed by atoms with E-state index in [1.807, 2.05) is 13.8 Å². The predicted octanol–water partition coefficient (Wildman–Crippen LogP) is 1.18. The molecule has 60 valence electrons. The molecule has 1 fully saturated rings. The highest BCUT2D eigenvalue weighted by Gasteiger charge is 2.32. The van der Waals surface area contributed by atoms with E-state index in [9.17, 15) is 0 Å². The summed E-state index contributed by atoms with van der Waals surface area (Å²) in [6.45, 7) is 5.20. The van der Waals surface area contributed by atoms with Crippen molar-refractivity contribution in [2.45, 2.75) is 32.3 Å². The van der Waals surface area contributed by atoms with E-state index in [0.29, 0.717) is 5.92 Å². The summed E-state index contributed by atoms with van der Waals surface area (Å²) in [5.74, 6) is 0.334. The van der Waals surface area contributed by atoms with Gasteiger partial charge in [-0.2, -0.15) is 0 Å². The van der Waals surface area contributed by atoms with E-state index in [1.165, 1.54) is 0 Å². The Morgan fingerprint density at radius 3 is 2.70 bits per heavy atom. The minimum Gasteiger partial charge on any atom is -0.396 e. The zero-order valence-corrected chi connectivity index (χ0v) is 6.76. The van der Waals surface area contributed by atoms with Gasteiger partial charge in [0.15, 0.2) is 0 Å². The first-order chi connectivity index (χ1) is 4.67. The molecule has 0 radical (unpaired) electrons. The van der Waals surface area contributed by atoms with Gasteiger partial charge in [-0.3, -0.25) is 0 Å². The van der Waals surface area contributed by atoms with Gasteiger partial charge < -0.3 is 9.84 Å². The van der Waals surface area contributed by atoms with E-state index in [0.717, 1.165) is 19.4 Å². The van der Waals surface area contributed by atoms with E-state index in [2.05, 4.69) is 0 Å². The summed E-state index contributed by atoms with van der Waals surface area (Å²) in [4.78, 5) is 0. The molecule has 2 heteroatoms. The average molecular weight is 144 g/mol. The number of hydrogen-bond donors (Lipinski definition) is 1. The highest BCUT2D eigenvalue weighted by Crippen LogP contribution is 2.29. The summed E-state index contributed by atoms with van der Waals surface area (Å²) >= 11 is 0. The van der Waals surface area contributed by atoms with E-state index >= 15 is 0 Å². The van der Waals surface area contributed by atoms with Gasteiger partial charge in [-0.05, 0) is 26.7 Å². The fraction of sp³-hybridized carbons (Fsp3) is 1.00. The minimum absolute atomic E-state index is 0.104. The third-order valence-electron chi connectivity index (χ3n) is 2.37. The van der Waals surface area contributed by atoms with E-state index in [4.69, 9.17) is 9.84 Å². The van der Waals surface area contributed by atoms with Crippen molar-refractivity contribution in [3.8, 4) is 0 Å². The van der Waals surface area contributed by atoms with Crippen LogP contribution in [0.3, 0.4) is 0 Å². The maximum atomic E-state index is 8.95. The van der Waals surface area contributed by atoms with Crippen LogP contribution in [-0.4, -0.2) is 23.9 Å². The number of ether oxygens (including phenoxy) is 1. The SMILES string of the molecule is CC1(C)OCCCC1CO. The Balaban J connectivity index is 2.51.